The fraction of sp³-hybridized carbons (Fsp3) is 0.571. The molecule has 0 bridgehead atoms. The molecular formula is C14H21NO4. The number of amides is 1. The van der Waals surface area contributed by atoms with Gasteiger partial charge >= 0.3 is 6.09 Å². The molecule has 0 saturated heterocycles. The molecule has 0 spiro atoms. The zero-order chi connectivity index (χ0) is 14.8. The number of carbonyl (C=O) groups excluding carboxylic acids is 2. The molecular weight excluding hydrogens is 246 g/mol. The van der Waals surface area contributed by atoms with Crippen molar-refractivity contribution in [1.82, 2.24) is 4.90 Å². The second-order valence-corrected chi connectivity index (χ2v) is 5.54. The molecule has 0 saturated carbocycles. The molecule has 1 atom stereocenters. The first-order valence-corrected chi connectivity index (χ1v) is 6.13. The Morgan fingerprint density at radius 3 is 2.37 bits per heavy atom. The van der Waals surface area contributed by atoms with Crippen molar-refractivity contribution in [2.75, 3.05) is 7.05 Å². The lowest BCUT2D eigenvalue weighted by Gasteiger charge is -2.27. The van der Waals surface area contributed by atoms with Gasteiger partial charge in [0.15, 0.2) is 0 Å². The molecule has 0 aliphatic rings. The summed E-state index contributed by atoms with van der Waals surface area (Å²) in [7, 11) is 1.54. The summed E-state index contributed by atoms with van der Waals surface area (Å²) >= 11 is 0. The maximum atomic E-state index is 12.0. The first-order valence-electron chi connectivity index (χ1n) is 6.13. The second kappa shape index (κ2) is 5.47. The minimum absolute atomic E-state index is 0.539. The zero-order valence-electron chi connectivity index (χ0n) is 12.3. The predicted molar refractivity (Wildman–Crippen MR) is 71.0 cm³/mol. The van der Waals surface area contributed by atoms with Gasteiger partial charge in [0.05, 0.1) is 0 Å². The molecule has 106 valence electrons. The number of aryl methyl sites for hydroxylation is 2. The van der Waals surface area contributed by atoms with Gasteiger partial charge in [-0.15, -0.1) is 0 Å². The second-order valence-electron chi connectivity index (χ2n) is 5.54. The molecule has 5 nitrogen and oxygen atoms in total. The van der Waals surface area contributed by atoms with Crippen molar-refractivity contribution in [2.24, 2.45) is 0 Å². The maximum Gasteiger partial charge on any atom is 0.410 e. The molecule has 0 fully saturated rings. The number of rotatable bonds is 3. The van der Waals surface area contributed by atoms with E-state index in [4.69, 9.17) is 9.15 Å². The van der Waals surface area contributed by atoms with E-state index >= 15 is 0 Å². The number of carbonyl (C=O) groups is 2. The highest BCUT2D eigenvalue weighted by Gasteiger charge is 2.28. The Morgan fingerprint density at radius 2 is 2.00 bits per heavy atom. The van der Waals surface area contributed by atoms with Gasteiger partial charge in [0.2, 0.25) is 0 Å². The first kappa shape index (κ1) is 15.3. The van der Waals surface area contributed by atoms with Gasteiger partial charge in [0, 0.05) is 12.6 Å². The Hall–Kier alpha value is -1.78. The highest BCUT2D eigenvalue weighted by atomic mass is 16.6. The monoisotopic (exact) mass is 267 g/mol. The van der Waals surface area contributed by atoms with Gasteiger partial charge in [-0.3, -0.25) is 4.90 Å². The maximum absolute atomic E-state index is 12.0. The van der Waals surface area contributed by atoms with Crippen LogP contribution in [0.2, 0.25) is 0 Å². The van der Waals surface area contributed by atoms with Crippen LogP contribution in [0.4, 0.5) is 4.79 Å². The fourth-order valence-corrected chi connectivity index (χ4v) is 1.76. The van der Waals surface area contributed by atoms with Gasteiger partial charge in [-0.05, 0) is 40.7 Å². The van der Waals surface area contributed by atoms with Crippen LogP contribution < -0.4 is 0 Å². The highest BCUT2D eigenvalue weighted by molar-refractivity contribution is 5.74. The van der Waals surface area contributed by atoms with Crippen molar-refractivity contribution in [2.45, 2.75) is 46.3 Å². The lowest BCUT2D eigenvalue weighted by Crippen LogP contribution is -2.37. The Morgan fingerprint density at radius 1 is 1.42 bits per heavy atom. The predicted octanol–water partition coefficient (Wildman–Crippen LogP) is 3.00. The number of furan rings is 1. The van der Waals surface area contributed by atoms with E-state index in [-0.39, 0.29) is 0 Å². The van der Waals surface area contributed by atoms with Crippen LogP contribution in [-0.4, -0.2) is 29.9 Å². The summed E-state index contributed by atoms with van der Waals surface area (Å²) in [5, 5.41) is 0. The molecule has 5 heteroatoms. The van der Waals surface area contributed by atoms with Crippen LogP contribution in [0.15, 0.2) is 10.5 Å². The van der Waals surface area contributed by atoms with E-state index in [9.17, 15) is 9.59 Å². The fourth-order valence-electron chi connectivity index (χ4n) is 1.76. The van der Waals surface area contributed by atoms with Gasteiger partial charge in [0.25, 0.3) is 0 Å². The van der Waals surface area contributed by atoms with Crippen LogP contribution in [0.1, 0.15) is 43.9 Å². The SMILES string of the molecule is Cc1cc(C(C=O)N(C)C(=O)OC(C)(C)C)c(C)o1. The molecule has 1 heterocycles. The van der Waals surface area contributed by atoms with E-state index in [1.165, 1.54) is 11.9 Å². The summed E-state index contributed by atoms with van der Waals surface area (Å²) in [6, 6.07) is 1.06. The summed E-state index contributed by atoms with van der Waals surface area (Å²) in [6.07, 6.45) is 0.171. The molecule has 1 aromatic heterocycles. The average molecular weight is 267 g/mol. The zero-order valence-corrected chi connectivity index (χ0v) is 12.3. The van der Waals surface area contributed by atoms with Crippen LogP contribution in [-0.2, 0) is 9.53 Å². The molecule has 1 unspecified atom stereocenters. The molecule has 0 aliphatic carbocycles. The number of nitrogens with zero attached hydrogens (tertiary/aromatic N) is 1. The van der Waals surface area contributed by atoms with Crippen LogP contribution in [0.25, 0.3) is 0 Å². The van der Waals surface area contributed by atoms with Crippen LogP contribution in [0.5, 0.6) is 0 Å². The van der Waals surface area contributed by atoms with Crippen molar-refractivity contribution in [1.29, 1.82) is 0 Å². The molecule has 0 aromatic carbocycles. The quantitative estimate of drug-likeness (QED) is 0.790. The third kappa shape index (κ3) is 3.84. The summed E-state index contributed by atoms with van der Waals surface area (Å²) in [5.74, 6) is 1.34. The molecule has 1 rings (SSSR count). The molecule has 1 amide bonds. The normalized spacial score (nSPS) is 12.9. The Balaban J connectivity index is 2.94. The van der Waals surface area contributed by atoms with E-state index < -0.39 is 17.7 Å². The van der Waals surface area contributed by atoms with Gasteiger partial charge in [-0.25, -0.2) is 4.79 Å². The largest absolute Gasteiger partial charge is 0.466 e. The number of likely N-dealkylation sites (N-methyl/N-ethyl adjacent to an activating group) is 1. The van der Waals surface area contributed by atoms with Crippen molar-refractivity contribution in [3.8, 4) is 0 Å². The van der Waals surface area contributed by atoms with Gasteiger partial charge < -0.3 is 13.9 Å². The number of hydrogen-bond donors (Lipinski definition) is 0. The lowest BCUT2D eigenvalue weighted by molar-refractivity contribution is -0.112. The minimum Gasteiger partial charge on any atom is -0.466 e. The smallest absolute Gasteiger partial charge is 0.410 e. The van der Waals surface area contributed by atoms with E-state index in [2.05, 4.69) is 0 Å². The van der Waals surface area contributed by atoms with Crippen molar-refractivity contribution >= 4 is 12.4 Å². The standard InChI is InChI=1S/C14H21NO4/c1-9-7-11(10(2)18-9)12(8-16)15(6)13(17)19-14(3,4)5/h7-8,12H,1-6H3. The minimum atomic E-state index is -0.702. The van der Waals surface area contributed by atoms with Crippen LogP contribution in [0, 0.1) is 13.8 Å². The molecule has 0 N–H and O–H groups in total. The summed E-state index contributed by atoms with van der Waals surface area (Å²) in [6.45, 7) is 8.90. The Labute approximate surface area is 113 Å². The van der Waals surface area contributed by atoms with E-state index in [1.807, 2.05) is 0 Å². The molecule has 1 aromatic rings. The Kier molecular flexibility index (Phi) is 4.39. The third-order valence-corrected chi connectivity index (χ3v) is 2.63. The topological polar surface area (TPSA) is 59.8 Å². The molecule has 0 radical (unpaired) electrons. The van der Waals surface area contributed by atoms with Crippen LogP contribution >= 0.6 is 0 Å². The lowest BCUT2D eigenvalue weighted by atomic mass is 10.1. The number of aldehydes is 1. The van der Waals surface area contributed by atoms with Crippen molar-refractivity contribution in [3.05, 3.63) is 23.2 Å². The first-order chi connectivity index (χ1) is 8.65. The Bertz CT molecular complexity index is 470. The highest BCUT2D eigenvalue weighted by Crippen LogP contribution is 2.25. The van der Waals surface area contributed by atoms with E-state index in [0.717, 1.165) is 0 Å². The third-order valence-electron chi connectivity index (χ3n) is 2.63. The van der Waals surface area contributed by atoms with Gasteiger partial charge in [-0.2, -0.15) is 0 Å². The van der Waals surface area contributed by atoms with Gasteiger partial charge in [0.1, 0.15) is 29.4 Å². The van der Waals surface area contributed by atoms with Gasteiger partial charge in [-0.1, -0.05) is 0 Å². The summed E-state index contributed by atoms with van der Waals surface area (Å²) in [4.78, 5) is 24.5. The molecule has 0 aliphatic heterocycles. The molecule has 19 heavy (non-hydrogen) atoms. The number of ether oxygens (including phenoxy) is 1. The van der Waals surface area contributed by atoms with E-state index in [1.54, 1.807) is 40.7 Å². The summed E-state index contributed by atoms with van der Waals surface area (Å²) < 4.78 is 10.6. The van der Waals surface area contributed by atoms with Crippen LogP contribution in [0.3, 0.4) is 0 Å². The van der Waals surface area contributed by atoms with E-state index in [0.29, 0.717) is 23.4 Å². The number of hydrogen-bond acceptors (Lipinski definition) is 4. The summed E-state index contributed by atoms with van der Waals surface area (Å²) in [5.41, 5.74) is 0.0843. The average Bonchev–Trinajstić information content (AvgIpc) is 2.56. The van der Waals surface area contributed by atoms with Crippen molar-refractivity contribution < 1.29 is 18.7 Å². The van der Waals surface area contributed by atoms with Crippen molar-refractivity contribution in [3.63, 3.8) is 0 Å².